The van der Waals surface area contributed by atoms with Crippen molar-refractivity contribution in [2.75, 3.05) is 6.54 Å². The van der Waals surface area contributed by atoms with Crippen molar-refractivity contribution in [1.29, 1.82) is 0 Å². The number of rotatable bonds is 0. The third-order valence-electron chi connectivity index (χ3n) is 11.7. The summed E-state index contributed by atoms with van der Waals surface area (Å²) in [5, 5.41) is 14.1. The monoisotopic (exact) mass is 429 g/mol. The number of carbonyl (C=O) groups excluding carboxylic acids is 1. The molecule has 2 heterocycles. The lowest BCUT2D eigenvalue weighted by Gasteiger charge is -2.53. The Morgan fingerprint density at radius 3 is 2.61 bits per heavy atom. The molecule has 2 aliphatic heterocycles. The van der Waals surface area contributed by atoms with E-state index in [1.54, 1.807) is 0 Å². The van der Waals surface area contributed by atoms with Crippen LogP contribution in [0.1, 0.15) is 79.1 Å². The predicted molar refractivity (Wildman–Crippen MR) is 120 cm³/mol. The van der Waals surface area contributed by atoms with E-state index in [1.165, 1.54) is 19.3 Å². The van der Waals surface area contributed by atoms with E-state index in [1.807, 2.05) is 0 Å². The lowest BCUT2D eigenvalue weighted by molar-refractivity contribution is -0.154. The van der Waals surface area contributed by atoms with E-state index in [2.05, 4.69) is 33.0 Å². The number of hydrogen-bond donors (Lipinski definition) is 2. The van der Waals surface area contributed by atoms with Gasteiger partial charge in [0, 0.05) is 23.8 Å². The summed E-state index contributed by atoms with van der Waals surface area (Å²) >= 11 is 0. The van der Waals surface area contributed by atoms with Crippen molar-refractivity contribution in [3.05, 3.63) is 0 Å². The number of nitrogens with one attached hydrogen (secondary N) is 1. The SMILES string of the molecule is CC1CNC2C(C1)OC1(CCC3C4CCC5CC(O)CCC5(C)C4C(=O)C3C1C)C2C. The highest BCUT2D eigenvalue weighted by molar-refractivity contribution is 5.88. The van der Waals surface area contributed by atoms with E-state index < -0.39 is 0 Å². The average molecular weight is 430 g/mol. The van der Waals surface area contributed by atoms with Crippen molar-refractivity contribution >= 4 is 5.78 Å². The maximum absolute atomic E-state index is 14.2. The average Bonchev–Trinajstić information content (AvgIpc) is 3.18. The van der Waals surface area contributed by atoms with Crippen molar-refractivity contribution in [3.63, 3.8) is 0 Å². The number of piperidine rings is 1. The van der Waals surface area contributed by atoms with Crippen molar-refractivity contribution in [1.82, 2.24) is 5.32 Å². The molecule has 6 aliphatic rings. The molecule has 0 aromatic heterocycles. The molecule has 4 aliphatic carbocycles. The molecule has 4 nitrogen and oxygen atoms in total. The summed E-state index contributed by atoms with van der Waals surface area (Å²) in [4.78, 5) is 14.2. The summed E-state index contributed by atoms with van der Waals surface area (Å²) in [5.41, 5.74) is -0.0175. The Bertz CT molecular complexity index is 755. The Morgan fingerprint density at radius 1 is 1.00 bits per heavy atom. The van der Waals surface area contributed by atoms with Crippen LogP contribution in [0.5, 0.6) is 0 Å². The number of ketones is 1. The number of Topliss-reactive ketones (excluding diaryl/α,β-unsaturated/α-hetero) is 1. The quantitative estimate of drug-likeness (QED) is 0.606. The second-order valence-corrected chi connectivity index (χ2v) is 12.9. The fourth-order valence-electron chi connectivity index (χ4n) is 10.1. The van der Waals surface area contributed by atoms with Crippen LogP contribution in [-0.2, 0) is 9.53 Å². The molecule has 0 aromatic carbocycles. The number of carbonyl (C=O) groups is 1. The maximum Gasteiger partial charge on any atom is 0.140 e. The molecule has 0 aromatic rings. The van der Waals surface area contributed by atoms with Gasteiger partial charge in [0.05, 0.1) is 17.8 Å². The van der Waals surface area contributed by atoms with E-state index in [4.69, 9.17) is 4.74 Å². The highest BCUT2D eigenvalue weighted by atomic mass is 16.5. The molecule has 2 saturated heterocycles. The molecule has 4 heteroatoms. The van der Waals surface area contributed by atoms with Gasteiger partial charge in [0.15, 0.2) is 0 Å². The standard InChI is InChI=1S/C27H43NO3/c1-14-11-21-24(28-13-14)16(3)27(31-21)10-8-19-20-6-5-17-12-18(29)7-9-26(17,4)23(20)25(30)22(19)15(27)2/h14-24,28-29H,5-13H2,1-4H3. The molecule has 0 amide bonds. The number of ether oxygens (including phenoxy) is 1. The van der Waals surface area contributed by atoms with Crippen LogP contribution >= 0.6 is 0 Å². The van der Waals surface area contributed by atoms with Crippen LogP contribution in [0.15, 0.2) is 0 Å². The molecule has 6 rings (SSSR count). The van der Waals surface area contributed by atoms with E-state index in [0.717, 1.165) is 38.6 Å². The van der Waals surface area contributed by atoms with Crippen LogP contribution in [-0.4, -0.2) is 41.3 Å². The van der Waals surface area contributed by atoms with Crippen molar-refractivity contribution in [2.45, 2.75) is 103 Å². The Balaban J connectivity index is 1.31. The topological polar surface area (TPSA) is 58.6 Å². The zero-order valence-corrected chi connectivity index (χ0v) is 20.0. The smallest absolute Gasteiger partial charge is 0.140 e. The van der Waals surface area contributed by atoms with Crippen molar-refractivity contribution in [2.24, 2.45) is 52.8 Å². The van der Waals surface area contributed by atoms with Crippen LogP contribution in [0.2, 0.25) is 0 Å². The van der Waals surface area contributed by atoms with Crippen LogP contribution in [0.3, 0.4) is 0 Å². The predicted octanol–water partition coefficient (Wildman–Crippen LogP) is 4.20. The largest absolute Gasteiger partial charge is 0.393 e. The first-order valence-electron chi connectivity index (χ1n) is 13.4. The number of aliphatic hydroxyl groups is 1. The minimum absolute atomic E-state index is 0.108. The van der Waals surface area contributed by atoms with Crippen LogP contribution in [0.25, 0.3) is 0 Å². The van der Waals surface area contributed by atoms with Gasteiger partial charge in [-0.25, -0.2) is 0 Å². The van der Waals surface area contributed by atoms with Gasteiger partial charge in [-0.1, -0.05) is 27.7 Å². The Hall–Kier alpha value is -0.450. The molecule has 13 atom stereocenters. The van der Waals surface area contributed by atoms with Crippen molar-refractivity contribution in [3.8, 4) is 0 Å². The summed E-state index contributed by atoms with van der Waals surface area (Å²) in [6, 6.07) is 0.454. The maximum atomic E-state index is 14.2. The normalized spacial score (nSPS) is 60.9. The van der Waals surface area contributed by atoms with E-state index in [-0.39, 0.29) is 29.0 Å². The van der Waals surface area contributed by atoms with E-state index in [0.29, 0.717) is 53.4 Å². The highest BCUT2D eigenvalue weighted by Gasteiger charge is 2.68. The number of hydrogen-bond acceptors (Lipinski definition) is 4. The Morgan fingerprint density at radius 2 is 1.81 bits per heavy atom. The Kier molecular flexibility index (Phi) is 4.78. The second kappa shape index (κ2) is 7.03. The van der Waals surface area contributed by atoms with Crippen molar-refractivity contribution < 1.29 is 14.6 Å². The van der Waals surface area contributed by atoms with Crippen LogP contribution in [0, 0.1) is 52.8 Å². The van der Waals surface area contributed by atoms with Crippen LogP contribution < -0.4 is 5.32 Å². The molecule has 0 bridgehead atoms. The molecule has 1 spiro atoms. The molecular weight excluding hydrogens is 386 g/mol. The van der Waals surface area contributed by atoms with E-state index >= 15 is 0 Å². The van der Waals surface area contributed by atoms with Gasteiger partial charge in [-0.15, -0.1) is 0 Å². The molecule has 6 fully saturated rings. The summed E-state index contributed by atoms with van der Waals surface area (Å²) in [7, 11) is 0. The molecule has 2 N–H and O–H groups in total. The molecule has 0 radical (unpaired) electrons. The zero-order valence-electron chi connectivity index (χ0n) is 20.0. The Labute approximate surface area is 188 Å². The summed E-state index contributed by atoms with van der Waals surface area (Å²) in [6.07, 6.45) is 8.87. The van der Waals surface area contributed by atoms with Gasteiger partial charge in [0.25, 0.3) is 0 Å². The first-order valence-corrected chi connectivity index (χ1v) is 13.4. The fourth-order valence-corrected chi connectivity index (χ4v) is 10.1. The van der Waals surface area contributed by atoms with Gasteiger partial charge < -0.3 is 15.2 Å². The second-order valence-electron chi connectivity index (χ2n) is 12.9. The number of aliphatic hydroxyl groups excluding tert-OH is 1. The molecule has 174 valence electrons. The van der Waals surface area contributed by atoms with Gasteiger partial charge in [0.2, 0.25) is 0 Å². The lowest BCUT2D eigenvalue weighted by Crippen LogP contribution is -2.53. The summed E-state index contributed by atoms with van der Waals surface area (Å²) in [5.74, 6) is 4.12. The molecule has 4 saturated carbocycles. The minimum Gasteiger partial charge on any atom is -0.393 e. The van der Waals surface area contributed by atoms with Gasteiger partial charge in [-0.3, -0.25) is 4.79 Å². The van der Waals surface area contributed by atoms with Crippen LogP contribution in [0.4, 0.5) is 0 Å². The number of fused-ring (bicyclic) bond motifs is 6. The first-order chi connectivity index (χ1) is 14.8. The molecule has 31 heavy (non-hydrogen) atoms. The fraction of sp³-hybridized carbons (Fsp3) is 0.963. The van der Waals surface area contributed by atoms with Gasteiger partial charge in [0.1, 0.15) is 5.78 Å². The zero-order chi connectivity index (χ0) is 21.7. The third kappa shape index (κ3) is 2.74. The highest BCUT2D eigenvalue weighted by Crippen LogP contribution is 2.66. The molecular formula is C27H43NO3. The summed E-state index contributed by atoms with van der Waals surface area (Å²) < 4.78 is 7.00. The van der Waals surface area contributed by atoms with Gasteiger partial charge >= 0.3 is 0 Å². The molecule has 13 unspecified atom stereocenters. The van der Waals surface area contributed by atoms with Gasteiger partial charge in [-0.2, -0.15) is 0 Å². The summed E-state index contributed by atoms with van der Waals surface area (Å²) in [6.45, 7) is 10.6. The third-order valence-corrected chi connectivity index (χ3v) is 11.7. The lowest BCUT2D eigenvalue weighted by atomic mass is 9.52. The van der Waals surface area contributed by atoms with Gasteiger partial charge in [-0.05, 0) is 92.9 Å². The van der Waals surface area contributed by atoms with E-state index in [9.17, 15) is 9.90 Å². The first kappa shape index (κ1) is 21.1. The minimum atomic E-state index is -0.151.